The van der Waals surface area contributed by atoms with Crippen LogP contribution < -0.4 is 11.3 Å². The van der Waals surface area contributed by atoms with Crippen molar-refractivity contribution in [2.75, 3.05) is 5.73 Å². The third kappa shape index (κ3) is 2.55. The van der Waals surface area contributed by atoms with Gasteiger partial charge in [-0.15, -0.1) is 12.4 Å². The Labute approximate surface area is 132 Å². The number of aryl methyl sites for hydroxylation is 1. The van der Waals surface area contributed by atoms with E-state index in [9.17, 15) is 9.18 Å². The molecular weight excluding hydrogens is 305 g/mol. The molecule has 0 bridgehead atoms. The molecule has 0 saturated heterocycles. The lowest BCUT2D eigenvalue weighted by molar-refractivity contribution is 0.457. The van der Waals surface area contributed by atoms with Gasteiger partial charge in [0.1, 0.15) is 12.5 Å². The first-order chi connectivity index (χ1) is 10.1. The SMILES string of the molecule is Cc1ccccc1-n1c(CF)nc2ccc(N)cc2c1=O.Cl. The van der Waals surface area contributed by atoms with Crippen molar-refractivity contribution in [3.63, 3.8) is 0 Å². The van der Waals surface area contributed by atoms with E-state index >= 15 is 0 Å². The molecule has 0 atom stereocenters. The zero-order valence-corrected chi connectivity index (χ0v) is 12.7. The fourth-order valence-electron chi connectivity index (χ4n) is 2.40. The molecule has 0 radical (unpaired) electrons. The Balaban J connectivity index is 0.00000176. The van der Waals surface area contributed by atoms with Crippen molar-refractivity contribution in [1.29, 1.82) is 0 Å². The lowest BCUT2D eigenvalue weighted by Gasteiger charge is -2.13. The summed E-state index contributed by atoms with van der Waals surface area (Å²) in [4.78, 5) is 17.0. The predicted molar refractivity (Wildman–Crippen MR) is 88.5 cm³/mol. The van der Waals surface area contributed by atoms with Crippen LogP contribution in [0.5, 0.6) is 0 Å². The lowest BCUT2D eigenvalue weighted by atomic mass is 10.1. The highest BCUT2D eigenvalue weighted by molar-refractivity contribution is 5.85. The molecule has 1 aromatic heterocycles. The molecule has 0 amide bonds. The van der Waals surface area contributed by atoms with Gasteiger partial charge in [0, 0.05) is 5.69 Å². The smallest absolute Gasteiger partial charge is 0.266 e. The summed E-state index contributed by atoms with van der Waals surface area (Å²) in [5.41, 5.74) is 7.86. The molecule has 0 unspecified atom stereocenters. The van der Waals surface area contributed by atoms with Crippen LogP contribution in [0.2, 0.25) is 0 Å². The van der Waals surface area contributed by atoms with Gasteiger partial charge in [0.25, 0.3) is 5.56 Å². The highest BCUT2D eigenvalue weighted by Gasteiger charge is 2.14. The van der Waals surface area contributed by atoms with Gasteiger partial charge in [-0.05, 0) is 36.8 Å². The number of hydrogen-bond donors (Lipinski definition) is 1. The summed E-state index contributed by atoms with van der Waals surface area (Å²) in [6, 6.07) is 12.2. The average Bonchev–Trinajstić information content (AvgIpc) is 2.49. The highest BCUT2D eigenvalue weighted by Crippen LogP contribution is 2.18. The Morgan fingerprint density at radius 1 is 1.23 bits per heavy atom. The third-order valence-corrected chi connectivity index (χ3v) is 3.44. The molecule has 0 aliphatic heterocycles. The van der Waals surface area contributed by atoms with E-state index in [4.69, 9.17) is 5.73 Å². The number of para-hydroxylation sites is 1. The molecule has 0 aliphatic carbocycles. The van der Waals surface area contributed by atoms with Gasteiger partial charge in [0.15, 0.2) is 0 Å². The Bertz CT molecular complexity index is 892. The topological polar surface area (TPSA) is 60.9 Å². The maximum Gasteiger partial charge on any atom is 0.266 e. The molecule has 0 aliphatic rings. The van der Waals surface area contributed by atoms with E-state index in [1.165, 1.54) is 4.57 Å². The quantitative estimate of drug-likeness (QED) is 0.738. The Morgan fingerprint density at radius 2 is 1.95 bits per heavy atom. The van der Waals surface area contributed by atoms with E-state index in [-0.39, 0.29) is 23.8 Å². The molecule has 0 saturated carbocycles. The van der Waals surface area contributed by atoms with Crippen molar-refractivity contribution in [2.45, 2.75) is 13.6 Å². The van der Waals surface area contributed by atoms with Crippen LogP contribution >= 0.6 is 12.4 Å². The molecule has 1 heterocycles. The molecule has 22 heavy (non-hydrogen) atoms. The monoisotopic (exact) mass is 319 g/mol. The van der Waals surface area contributed by atoms with Gasteiger partial charge in [-0.3, -0.25) is 9.36 Å². The fraction of sp³-hybridized carbons (Fsp3) is 0.125. The molecule has 3 aromatic rings. The standard InChI is InChI=1S/C16H14FN3O.ClH/c1-10-4-2-3-5-14(10)20-15(9-17)19-13-7-6-11(18)8-12(13)16(20)21;/h2-8H,9,18H2,1H3;1H. The van der Waals surface area contributed by atoms with Crippen LogP contribution in [0.15, 0.2) is 47.3 Å². The highest BCUT2D eigenvalue weighted by atomic mass is 35.5. The Hall–Kier alpha value is -2.40. The van der Waals surface area contributed by atoms with E-state index in [1.54, 1.807) is 30.3 Å². The molecule has 6 heteroatoms. The van der Waals surface area contributed by atoms with Crippen LogP contribution in [0.1, 0.15) is 11.4 Å². The zero-order valence-electron chi connectivity index (χ0n) is 11.9. The number of fused-ring (bicyclic) bond motifs is 1. The minimum absolute atomic E-state index is 0. The Morgan fingerprint density at radius 3 is 2.64 bits per heavy atom. The number of anilines is 1. The van der Waals surface area contributed by atoms with Gasteiger partial charge < -0.3 is 5.73 Å². The lowest BCUT2D eigenvalue weighted by Crippen LogP contribution is -2.24. The maximum absolute atomic E-state index is 13.3. The van der Waals surface area contributed by atoms with Crippen LogP contribution in [0.4, 0.5) is 10.1 Å². The summed E-state index contributed by atoms with van der Waals surface area (Å²) >= 11 is 0. The fourth-order valence-corrected chi connectivity index (χ4v) is 2.40. The van der Waals surface area contributed by atoms with Crippen LogP contribution in [0.3, 0.4) is 0 Å². The molecule has 0 fully saturated rings. The molecule has 2 aromatic carbocycles. The number of aromatic nitrogens is 2. The third-order valence-electron chi connectivity index (χ3n) is 3.44. The van der Waals surface area contributed by atoms with Crippen molar-refractivity contribution in [1.82, 2.24) is 9.55 Å². The summed E-state index contributed by atoms with van der Waals surface area (Å²) in [7, 11) is 0. The number of nitrogens with zero attached hydrogens (tertiary/aromatic N) is 2. The second-order valence-electron chi connectivity index (χ2n) is 4.87. The van der Waals surface area contributed by atoms with E-state index in [2.05, 4.69) is 4.98 Å². The van der Waals surface area contributed by atoms with E-state index < -0.39 is 6.67 Å². The first kappa shape index (κ1) is 16.0. The first-order valence-corrected chi connectivity index (χ1v) is 6.55. The van der Waals surface area contributed by atoms with Crippen molar-refractivity contribution >= 4 is 29.0 Å². The summed E-state index contributed by atoms with van der Waals surface area (Å²) in [6.45, 7) is 1.05. The van der Waals surface area contributed by atoms with Crippen molar-refractivity contribution in [3.05, 3.63) is 64.2 Å². The van der Waals surface area contributed by atoms with Gasteiger partial charge in [-0.1, -0.05) is 18.2 Å². The molecule has 2 N–H and O–H groups in total. The second kappa shape index (κ2) is 6.15. The van der Waals surface area contributed by atoms with Crippen LogP contribution in [-0.4, -0.2) is 9.55 Å². The van der Waals surface area contributed by atoms with Crippen molar-refractivity contribution < 1.29 is 4.39 Å². The van der Waals surface area contributed by atoms with Gasteiger partial charge in [-0.25, -0.2) is 9.37 Å². The zero-order chi connectivity index (χ0) is 15.0. The normalized spacial score (nSPS) is 10.5. The minimum atomic E-state index is -0.816. The largest absolute Gasteiger partial charge is 0.399 e. The first-order valence-electron chi connectivity index (χ1n) is 6.55. The predicted octanol–water partition coefficient (Wildman–Crippen LogP) is 3.17. The van der Waals surface area contributed by atoms with Crippen molar-refractivity contribution in [3.8, 4) is 5.69 Å². The number of rotatable bonds is 2. The summed E-state index contributed by atoms with van der Waals surface area (Å²) in [5, 5.41) is 0.385. The summed E-state index contributed by atoms with van der Waals surface area (Å²) < 4.78 is 14.7. The molecule has 114 valence electrons. The van der Waals surface area contributed by atoms with Crippen molar-refractivity contribution in [2.24, 2.45) is 0 Å². The van der Waals surface area contributed by atoms with Gasteiger partial charge in [-0.2, -0.15) is 0 Å². The molecule has 0 spiro atoms. The number of nitrogen functional groups attached to an aromatic ring is 1. The van der Waals surface area contributed by atoms with Crippen LogP contribution in [0.25, 0.3) is 16.6 Å². The van der Waals surface area contributed by atoms with E-state index in [1.807, 2.05) is 19.1 Å². The molecule has 4 nitrogen and oxygen atoms in total. The Kier molecular flexibility index (Phi) is 4.47. The number of nitrogens with two attached hydrogens (primary N) is 1. The average molecular weight is 320 g/mol. The minimum Gasteiger partial charge on any atom is -0.399 e. The van der Waals surface area contributed by atoms with E-state index in [0.29, 0.717) is 22.3 Å². The van der Waals surface area contributed by atoms with Crippen LogP contribution in [0, 0.1) is 6.92 Å². The molecular formula is C16H15ClFN3O. The number of hydrogen-bond acceptors (Lipinski definition) is 3. The number of alkyl halides is 1. The summed E-state index contributed by atoms with van der Waals surface area (Å²) in [5.74, 6) is 0.0894. The summed E-state index contributed by atoms with van der Waals surface area (Å²) in [6.07, 6.45) is 0. The van der Waals surface area contributed by atoms with Gasteiger partial charge in [0.05, 0.1) is 16.6 Å². The number of benzene rings is 2. The van der Waals surface area contributed by atoms with Gasteiger partial charge >= 0.3 is 0 Å². The van der Waals surface area contributed by atoms with Crippen LogP contribution in [-0.2, 0) is 6.67 Å². The van der Waals surface area contributed by atoms with Gasteiger partial charge in [0.2, 0.25) is 0 Å². The van der Waals surface area contributed by atoms with E-state index in [0.717, 1.165) is 5.56 Å². The maximum atomic E-state index is 13.3. The molecule has 3 rings (SSSR count). The second-order valence-corrected chi connectivity index (χ2v) is 4.87. The number of halogens is 2.